The average molecular weight is 238 g/mol. The molecule has 0 heterocycles. The normalized spacial score (nSPS) is 13.3. The molecule has 1 N–H and O–H groups in total. The van der Waals surface area contributed by atoms with Gasteiger partial charge in [-0.05, 0) is 24.0 Å². The lowest BCUT2D eigenvalue weighted by Crippen LogP contribution is -2.13. The van der Waals surface area contributed by atoms with Crippen molar-refractivity contribution in [1.82, 2.24) is 0 Å². The minimum atomic E-state index is -0.582. The Morgan fingerprint density at radius 1 is 1.12 bits per heavy atom. The SMILES string of the molecule is COc1cccc(OC)c1C(O)CC(C)(C)C. The Balaban J connectivity index is 3.09. The van der Waals surface area contributed by atoms with Crippen LogP contribution in [0.1, 0.15) is 38.9 Å². The second kappa shape index (κ2) is 5.41. The van der Waals surface area contributed by atoms with Crippen molar-refractivity contribution in [3.8, 4) is 11.5 Å². The van der Waals surface area contributed by atoms with E-state index in [2.05, 4.69) is 20.8 Å². The summed E-state index contributed by atoms with van der Waals surface area (Å²) in [5.74, 6) is 1.34. The molecular weight excluding hydrogens is 216 g/mol. The number of benzene rings is 1. The predicted octanol–water partition coefficient (Wildman–Crippen LogP) is 3.17. The molecule has 0 saturated heterocycles. The van der Waals surface area contributed by atoms with E-state index in [1.165, 1.54) is 0 Å². The topological polar surface area (TPSA) is 38.7 Å². The highest BCUT2D eigenvalue weighted by Crippen LogP contribution is 2.39. The first kappa shape index (κ1) is 13.8. The number of hydrogen-bond acceptors (Lipinski definition) is 3. The van der Waals surface area contributed by atoms with Gasteiger partial charge in [-0.15, -0.1) is 0 Å². The van der Waals surface area contributed by atoms with Gasteiger partial charge in [0.1, 0.15) is 11.5 Å². The third-order valence-corrected chi connectivity index (χ3v) is 2.60. The van der Waals surface area contributed by atoms with Gasteiger partial charge in [0, 0.05) is 0 Å². The molecule has 0 saturated carbocycles. The third-order valence-electron chi connectivity index (χ3n) is 2.60. The van der Waals surface area contributed by atoms with Crippen LogP contribution in [0.3, 0.4) is 0 Å². The van der Waals surface area contributed by atoms with Gasteiger partial charge >= 0.3 is 0 Å². The molecule has 3 nitrogen and oxygen atoms in total. The fraction of sp³-hybridized carbons (Fsp3) is 0.571. The maximum atomic E-state index is 10.3. The van der Waals surface area contributed by atoms with Crippen LogP contribution < -0.4 is 9.47 Å². The molecule has 1 rings (SSSR count). The lowest BCUT2D eigenvalue weighted by atomic mass is 9.86. The molecule has 0 spiro atoms. The van der Waals surface area contributed by atoms with Crippen molar-refractivity contribution < 1.29 is 14.6 Å². The molecule has 0 aliphatic carbocycles. The summed E-state index contributed by atoms with van der Waals surface area (Å²) >= 11 is 0. The van der Waals surface area contributed by atoms with Crippen LogP contribution in [-0.4, -0.2) is 19.3 Å². The molecule has 17 heavy (non-hydrogen) atoms. The quantitative estimate of drug-likeness (QED) is 0.875. The van der Waals surface area contributed by atoms with Crippen molar-refractivity contribution in [2.75, 3.05) is 14.2 Å². The highest BCUT2D eigenvalue weighted by molar-refractivity contribution is 5.46. The van der Waals surface area contributed by atoms with E-state index in [4.69, 9.17) is 9.47 Å². The highest BCUT2D eigenvalue weighted by atomic mass is 16.5. The molecule has 0 aliphatic rings. The van der Waals surface area contributed by atoms with Gasteiger partial charge in [0.15, 0.2) is 0 Å². The van der Waals surface area contributed by atoms with Gasteiger partial charge in [0.25, 0.3) is 0 Å². The van der Waals surface area contributed by atoms with E-state index in [1.54, 1.807) is 14.2 Å². The van der Waals surface area contributed by atoms with E-state index in [0.717, 1.165) is 5.56 Å². The fourth-order valence-electron chi connectivity index (χ4n) is 1.89. The maximum absolute atomic E-state index is 10.3. The smallest absolute Gasteiger partial charge is 0.128 e. The first-order valence-electron chi connectivity index (χ1n) is 5.78. The number of rotatable bonds is 4. The van der Waals surface area contributed by atoms with Gasteiger partial charge in [-0.25, -0.2) is 0 Å². The molecule has 0 aromatic heterocycles. The maximum Gasteiger partial charge on any atom is 0.128 e. The molecule has 0 aliphatic heterocycles. The van der Waals surface area contributed by atoms with Crippen molar-refractivity contribution in [3.05, 3.63) is 23.8 Å². The van der Waals surface area contributed by atoms with Crippen molar-refractivity contribution in [1.29, 1.82) is 0 Å². The minimum absolute atomic E-state index is 0.0469. The van der Waals surface area contributed by atoms with Gasteiger partial charge < -0.3 is 14.6 Å². The van der Waals surface area contributed by atoms with Crippen LogP contribution in [0.2, 0.25) is 0 Å². The highest BCUT2D eigenvalue weighted by Gasteiger charge is 2.23. The fourth-order valence-corrected chi connectivity index (χ4v) is 1.89. The first-order chi connectivity index (χ1) is 7.89. The summed E-state index contributed by atoms with van der Waals surface area (Å²) in [6.07, 6.45) is 0.0742. The summed E-state index contributed by atoms with van der Waals surface area (Å²) in [5, 5.41) is 10.3. The zero-order valence-electron chi connectivity index (χ0n) is 11.3. The van der Waals surface area contributed by atoms with E-state index in [1.807, 2.05) is 18.2 Å². The number of hydrogen-bond donors (Lipinski definition) is 1. The number of aliphatic hydroxyl groups excluding tert-OH is 1. The van der Waals surface area contributed by atoms with Crippen LogP contribution in [0.4, 0.5) is 0 Å². The van der Waals surface area contributed by atoms with Crippen molar-refractivity contribution in [2.24, 2.45) is 5.41 Å². The monoisotopic (exact) mass is 238 g/mol. The van der Waals surface area contributed by atoms with Gasteiger partial charge in [-0.3, -0.25) is 0 Å². The van der Waals surface area contributed by atoms with E-state index in [-0.39, 0.29) is 5.41 Å². The molecule has 96 valence electrons. The van der Waals surface area contributed by atoms with Crippen LogP contribution in [0.15, 0.2) is 18.2 Å². The van der Waals surface area contributed by atoms with Crippen LogP contribution in [0.5, 0.6) is 11.5 Å². The van der Waals surface area contributed by atoms with Crippen molar-refractivity contribution >= 4 is 0 Å². The van der Waals surface area contributed by atoms with Crippen molar-refractivity contribution in [2.45, 2.75) is 33.3 Å². The zero-order valence-corrected chi connectivity index (χ0v) is 11.3. The largest absolute Gasteiger partial charge is 0.496 e. The second-order valence-electron chi connectivity index (χ2n) is 5.36. The summed E-state index contributed by atoms with van der Waals surface area (Å²) in [6.45, 7) is 6.29. The van der Waals surface area contributed by atoms with Crippen LogP contribution in [0, 0.1) is 5.41 Å². The Labute approximate surface area is 103 Å². The van der Waals surface area contributed by atoms with E-state index in [9.17, 15) is 5.11 Å². The zero-order chi connectivity index (χ0) is 13.1. The second-order valence-corrected chi connectivity index (χ2v) is 5.36. The van der Waals surface area contributed by atoms with Gasteiger partial charge in [0.05, 0.1) is 25.9 Å². The van der Waals surface area contributed by atoms with Crippen LogP contribution in [0.25, 0.3) is 0 Å². The van der Waals surface area contributed by atoms with Gasteiger partial charge in [-0.1, -0.05) is 26.8 Å². The van der Waals surface area contributed by atoms with Gasteiger partial charge in [-0.2, -0.15) is 0 Å². The van der Waals surface area contributed by atoms with E-state index >= 15 is 0 Å². The third kappa shape index (κ3) is 3.63. The number of aliphatic hydroxyl groups is 1. The Morgan fingerprint density at radius 3 is 1.94 bits per heavy atom. The Morgan fingerprint density at radius 2 is 1.59 bits per heavy atom. The molecule has 0 radical (unpaired) electrons. The molecule has 3 heteroatoms. The first-order valence-corrected chi connectivity index (χ1v) is 5.78. The summed E-state index contributed by atoms with van der Waals surface area (Å²) in [7, 11) is 3.20. The molecule has 1 unspecified atom stereocenters. The summed E-state index contributed by atoms with van der Waals surface area (Å²) < 4.78 is 10.6. The molecule has 1 atom stereocenters. The van der Waals surface area contributed by atoms with Gasteiger partial charge in [0.2, 0.25) is 0 Å². The summed E-state index contributed by atoms with van der Waals surface area (Å²) in [5.41, 5.74) is 0.776. The molecule has 1 aromatic rings. The Hall–Kier alpha value is -1.22. The molecule has 0 fully saturated rings. The number of ether oxygens (including phenoxy) is 2. The van der Waals surface area contributed by atoms with E-state index in [0.29, 0.717) is 17.9 Å². The van der Waals surface area contributed by atoms with Crippen molar-refractivity contribution in [3.63, 3.8) is 0 Å². The molecule has 0 amide bonds. The lowest BCUT2D eigenvalue weighted by molar-refractivity contribution is 0.116. The molecule has 0 bridgehead atoms. The summed E-state index contributed by atoms with van der Waals surface area (Å²) in [4.78, 5) is 0. The molecular formula is C14H22O3. The standard InChI is InChI=1S/C14H22O3/c1-14(2,3)9-10(15)13-11(16-4)7-6-8-12(13)17-5/h6-8,10,15H,9H2,1-5H3. The van der Waals surface area contributed by atoms with E-state index < -0.39 is 6.10 Å². The Kier molecular flexibility index (Phi) is 4.40. The average Bonchev–Trinajstić information content (AvgIpc) is 2.25. The van der Waals surface area contributed by atoms with Crippen LogP contribution in [-0.2, 0) is 0 Å². The molecule has 1 aromatic carbocycles. The predicted molar refractivity (Wildman–Crippen MR) is 68.6 cm³/mol. The Bertz CT molecular complexity index is 344. The van der Waals surface area contributed by atoms with Crippen LogP contribution >= 0.6 is 0 Å². The lowest BCUT2D eigenvalue weighted by Gasteiger charge is -2.24. The summed E-state index contributed by atoms with van der Waals surface area (Å²) in [6, 6.07) is 5.53. The number of methoxy groups -OCH3 is 2. The minimum Gasteiger partial charge on any atom is -0.496 e.